The third-order valence-corrected chi connectivity index (χ3v) is 3.69. The number of carboxylic acid groups (broad SMARTS) is 1. The Morgan fingerprint density at radius 3 is 2.40 bits per heavy atom. The third kappa shape index (κ3) is 3.25. The summed E-state index contributed by atoms with van der Waals surface area (Å²) < 4.78 is 0. The average Bonchev–Trinajstić information content (AvgIpc) is 2.42. The number of imide groups is 1. The van der Waals surface area contributed by atoms with Crippen LogP contribution < -0.4 is 10.6 Å². The van der Waals surface area contributed by atoms with Crippen molar-refractivity contribution in [3.8, 4) is 0 Å². The second-order valence-electron chi connectivity index (χ2n) is 5.06. The lowest BCUT2D eigenvalue weighted by atomic mass is 9.95. The summed E-state index contributed by atoms with van der Waals surface area (Å²) in [7, 11) is 0. The summed E-state index contributed by atoms with van der Waals surface area (Å²) >= 11 is 0. The minimum Gasteiger partial charge on any atom is -0.465 e. The van der Waals surface area contributed by atoms with Crippen molar-refractivity contribution >= 4 is 23.8 Å². The number of piperidine rings is 2. The molecule has 0 aromatic rings. The van der Waals surface area contributed by atoms with Crippen LogP contribution in [0.1, 0.15) is 25.7 Å². The molecule has 4 amide bonds. The van der Waals surface area contributed by atoms with Crippen molar-refractivity contribution in [2.75, 3.05) is 13.1 Å². The Labute approximate surface area is 115 Å². The molecule has 1 atom stereocenters. The molecule has 1 unspecified atom stereocenters. The first-order valence-electron chi connectivity index (χ1n) is 6.59. The molecule has 0 aromatic carbocycles. The van der Waals surface area contributed by atoms with Gasteiger partial charge in [-0.25, -0.2) is 4.79 Å². The molecule has 0 bridgehead atoms. The molecule has 8 heteroatoms. The van der Waals surface area contributed by atoms with Gasteiger partial charge in [0.05, 0.1) is 0 Å². The minimum absolute atomic E-state index is 0.216. The van der Waals surface area contributed by atoms with E-state index < -0.39 is 18.0 Å². The molecule has 0 saturated carbocycles. The first-order valence-corrected chi connectivity index (χ1v) is 6.59. The summed E-state index contributed by atoms with van der Waals surface area (Å²) in [4.78, 5) is 46.6. The van der Waals surface area contributed by atoms with Crippen LogP contribution in [0.15, 0.2) is 0 Å². The lowest BCUT2D eigenvalue weighted by Gasteiger charge is -2.30. The second kappa shape index (κ2) is 5.89. The van der Waals surface area contributed by atoms with Gasteiger partial charge in [0.2, 0.25) is 17.7 Å². The summed E-state index contributed by atoms with van der Waals surface area (Å²) in [6.07, 6.45) is 0.448. The zero-order valence-corrected chi connectivity index (χ0v) is 10.9. The van der Waals surface area contributed by atoms with Crippen LogP contribution in [0.2, 0.25) is 0 Å². The van der Waals surface area contributed by atoms with E-state index in [0.717, 1.165) is 0 Å². The molecule has 0 aromatic heterocycles. The van der Waals surface area contributed by atoms with Crippen LogP contribution in [0.4, 0.5) is 4.79 Å². The number of hydrogen-bond donors (Lipinski definition) is 3. The van der Waals surface area contributed by atoms with Crippen molar-refractivity contribution in [1.82, 2.24) is 15.5 Å². The Morgan fingerprint density at radius 1 is 1.20 bits per heavy atom. The van der Waals surface area contributed by atoms with Crippen LogP contribution in [-0.2, 0) is 14.4 Å². The molecule has 2 aliphatic rings. The average molecular weight is 283 g/mol. The van der Waals surface area contributed by atoms with Gasteiger partial charge in [0.25, 0.3) is 0 Å². The Bertz CT molecular complexity index is 442. The van der Waals surface area contributed by atoms with E-state index in [1.54, 1.807) is 0 Å². The maximum Gasteiger partial charge on any atom is 0.407 e. The summed E-state index contributed by atoms with van der Waals surface area (Å²) in [6.45, 7) is 0.644. The molecular weight excluding hydrogens is 266 g/mol. The number of carbonyl (C=O) groups is 4. The number of nitrogens with zero attached hydrogens (tertiary/aromatic N) is 1. The van der Waals surface area contributed by atoms with E-state index >= 15 is 0 Å². The summed E-state index contributed by atoms with van der Waals surface area (Å²) in [5.74, 6) is -1.33. The number of carbonyl (C=O) groups excluding carboxylic acids is 3. The monoisotopic (exact) mass is 283 g/mol. The number of likely N-dealkylation sites (tertiary alicyclic amines) is 1. The fraction of sp³-hybridized carbons (Fsp3) is 0.667. The molecule has 2 aliphatic heterocycles. The number of nitrogens with one attached hydrogen (secondary N) is 2. The lowest BCUT2D eigenvalue weighted by Crippen LogP contribution is -2.54. The van der Waals surface area contributed by atoms with Gasteiger partial charge in [0.15, 0.2) is 0 Å². The topological polar surface area (TPSA) is 116 Å². The predicted molar refractivity (Wildman–Crippen MR) is 66.6 cm³/mol. The Kier molecular flexibility index (Phi) is 4.21. The molecular formula is C12H17N3O5. The smallest absolute Gasteiger partial charge is 0.407 e. The van der Waals surface area contributed by atoms with Crippen molar-refractivity contribution in [3.63, 3.8) is 0 Å². The molecule has 2 saturated heterocycles. The molecule has 8 nitrogen and oxygen atoms in total. The third-order valence-electron chi connectivity index (χ3n) is 3.69. The van der Waals surface area contributed by atoms with Gasteiger partial charge < -0.3 is 15.3 Å². The van der Waals surface area contributed by atoms with Gasteiger partial charge >= 0.3 is 6.09 Å². The first-order chi connectivity index (χ1) is 9.47. The molecule has 0 aliphatic carbocycles. The maximum absolute atomic E-state index is 12.0. The van der Waals surface area contributed by atoms with Crippen molar-refractivity contribution in [2.45, 2.75) is 31.7 Å². The van der Waals surface area contributed by atoms with Gasteiger partial charge in [-0.05, 0) is 19.3 Å². The number of amides is 4. The SMILES string of the molecule is O=C1CCC(NC(=O)C2CCN(C(=O)O)CC2)C(=O)N1. The van der Waals surface area contributed by atoms with E-state index in [-0.39, 0.29) is 24.2 Å². The molecule has 2 rings (SSSR count). The maximum atomic E-state index is 12.0. The predicted octanol–water partition coefficient (Wildman–Crippen LogP) is -0.702. The van der Waals surface area contributed by atoms with Crippen LogP contribution in [0.25, 0.3) is 0 Å². The fourth-order valence-electron chi connectivity index (χ4n) is 2.45. The molecule has 2 fully saturated rings. The van der Waals surface area contributed by atoms with Crippen LogP contribution in [0.3, 0.4) is 0 Å². The van der Waals surface area contributed by atoms with E-state index in [0.29, 0.717) is 32.4 Å². The Balaban J connectivity index is 1.82. The van der Waals surface area contributed by atoms with Gasteiger partial charge in [-0.1, -0.05) is 0 Å². The lowest BCUT2D eigenvalue weighted by molar-refractivity contribution is -0.138. The van der Waals surface area contributed by atoms with E-state index in [1.807, 2.05) is 0 Å². The van der Waals surface area contributed by atoms with Gasteiger partial charge in [-0.2, -0.15) is 0 Å². The van der Waals surface area contributed by atoms with Crippen LogP contribution in [0.5, 0.6) is 0 Å². The summed E-state index contributed by atoms with van der Waals surface area (Å²) in [5, 5.41) is 13.6. The quantitative estimate of drug-likeness (QED) is 0.579. The van der Waals surface area contributed by atoms with Crippen molar-refractivity contribution in [3.05, 3.63) is 0 Å². The highest BCUT2D eigenvalue weighted by molar-refractivity contribution is 6.01. The summed E-state index contributed by atoms with van der Waals surface area (Å²) in [5.41, 5.74) is 0. The van der Waals surface area contributed by atoms with Crippen molar-refractivity contribution in [2.24, 2.45) is 5.92 Å². The Morgan fingerprint density at radius 2 is 1.85 bits per heavy atom. The summed E-state index contributed by atoms with van der Waals surface area (Å²) in [6, 6.07) is -0.669. The highest BCUT2D eigenvalue weighted by Gasteiger charge is 2.32. The highest BCUT2D eigenvalue weighted by atomic mass is 16.4. The van der Waals surface area contributed by atoms with Crippen LogP contribution in [0, 0.1) is 5.92 Å². The largest absolute Gasteiger partial charge is 0.465 e. The molecule has 0 spiro atoms. The van der Waals surface area contributed by atoms with Crippen molar-refractivity contribution < 1.29 is 24.3 Å². The molecule has 20 heavy (non-hydrogen) atoms. The highest BCUT2D eigenvalue weighted by Crippen LogP contribution is 2.18. The van der Waals surface area contributed by atoms with Gasteiger partial charge in [0, 0.05) is 25.4 Å². The van der Waals surface area contributed by atoms with E-state index in [4.69, 9.17) is 5.11 Å². The molecule has 110 valence electrons. The van der Waals surface area contributed by atoms with Crippen LogP contribution >= 0.6 is 0 Å². The standard InChI is InChI=1S/C12H17N3O5/c16-9-2-1-8(11(18)14-9)13-10(17)7-3-5-15(6-4-7)12(19)20/h7-8H,1-6H2,(H,13,17)(H,19,20)(H,14,16,18). The van der Waals surface area contributed by atoms with Gasteiger partial charge in [-0.3, -0.25) is 19.7 Å². The normalized spacial score (nSPS) is 24.2. The van der Waals surface area contributed by atoms with Crippen molar-refractivity contribution in [1.29, 1.82) is 0 Å². The Hall–Kier alpha value is -2.12. The zero-order valence-electron chi connectivity index (χ0n) is 10.9. The first kappa shape index (κ1) is 14.3. The van der Waals surface area contributed by atoms with Gasteiger partial charge in [-0.15, -0.1) is 0 Å². The van der Waals surface area contributed by atoms with Gasteiger partial charge in [0.1, 0.15) is 6.04 Å². The number of hydrogen-bond acceptors (Lipinski definition) is 4. The van der Waals surface area contributed by atoms with E-state index in [9.17, 15) is 19.2 Å². The molecule has 3 N–H and O–H groups in total. The molecule has 0 radical (unpaired) electrons. The van der Waals surface area contributed by atoms with Crippen LogP contribution in [-0.4, -0.2) is 53.0 Å². The number of rotatable bonds is 2. The zero-order chi connectivity index (χ0) is 14.7. The molecule has 2 heterocycles. The van der Waals surface area contributed by atoms with E-state index in [2.05, 4.69) is 10.6 Å². The fourth-order valence-corrected chi connectivity index (χ4v) is 2.45. The van der Waals surface area contributed by atoms with E-state index in [1.165, 1.54) is 4.90 Å². The second-order valence-corrected chi connectivity index (χ2v) is 5.06. The minimum atomic E-state index is -0.978.